The fourth-order valence-corrected chi connectivity index (χ4v) is 1.40. The molecule has 92 valence electrons. The normalized spacial score (nSPS) is 25.4. The summed E-state index contributed by atoms with van der Waals surface area (Å²) < 4.78 is 15.8. The Bertz CT molecular complexity index is 377. The third-order valence-corrected chi connectivity index (χ3v) is 2.57. The van der Waals surface area contributed by atoms with Crippen molar-refractivity contribution in [2.45, 2.75) is 12.2 Å². The Morgan fingerprint density at radius 1 is 1.12 bits per heavy atom. The predicted molar refractivity (Wildman–Crippen MR) is 61.0 cm³/mol. The number of hydrogen-bond acceptors (Lipinski definition) is 5. The first kappa shape index (κ1) is 10.8. The Hall–Kier alpha value is -1.30. The number of anilines is 1. The second kappa shape index (κ2) is 4.91. The predicted octanol–water partition coefficient (Wildman–Crippen LogP) is 1.21. The average Bonchev–Trinajstić information content (AvgIpc) is 3.23. The minimum Gasteiger partial charge on any atom is -0.489 e. The summed E-state index contributed by atoms with van der Waals surface area (Å²) in [6.45, 7) is 2.73. The average molecular weight is 237 g/mol. The largest absolute Gasteiger partial charge is 0.489 e. The summed E-state index contributed by atoms with van der Waals surface area (Å²) in [5.74, 6) is 0.778. The Morgan fingerprint density at radius 2 is 1.82 bits per heavy atom. The molecule has 2 aliphatic rings. The summed E-state index contributed by atoms with van der Waals surface area (Å²) in [5, 5.41) is 0. The molecular formula is C12H15NO4. The van der Waals surface area contributed by atoms with E-state index in [9.17, 15) is 0 Å². The molecule has 2 heterocycles. The fourth-order valence-electron chi connectivity index (χ4n) is 1.40. The van der Waals surface area contributed by atoms with Crippen LogP contribution in [-0.4, -0.2) is 38.6 Å². The van der Waals surface area contributed by atoms with Crippen LogP contribution in [0.25, 0.3) is 0 Å². The molecule has 0 saturated carbocycles. The second-order valence-electron chi connectivity index (χ2n) is 4.13. The van der Waals surface area contributed by atoms with Gasteiger partial charge in [-0.1, -0.05) is 12.1 Å². The third-order valence-electron chi connectivity index (χ3n) is 2.57. The molecule has 1 aromatic rings. The summed E-state index contributed by atoms with van der Waals surface area (Å²) in [4.78, 5) is 5.32. The lowest BCUT2D eigenvalue weighted by atomic mass is 10.3. The standard InChI is InChI=1S/C12H15NO4/c1-2-4-12(16-7-9-5-14-9)11(3-1)13-17-8-10-6-15-10/h1-4,9-10,13H,5-8H2. The molecule has 2 saturated heterocycles. The van der Waals surface area contributed by atoms with Gasteiger partial charge in [-0.05, 0) is 12.1 Å². The first-order chi connectivity index (χ1) is 8.42. The van der Waals surface area contributed by atoms with Crippen molar-refractivity contribution in [3.63, 3.8) is 0 Å². The van der Waals surface area contributed by atoms with Gasteiger partial charge in [-0.2, -0.15) is 0 Å². The van der Waals surface area contributed by atoms with Crippen molar-refractivity contribution in [3.8, 4) is 5.75 Å². The first-order valence-corrected chi connectivity index (χ1v) is 5.74. The quantitative estimate of drug-likeness (QED) is 0.570. The molecule has 2 aliphatic heterocycles. The Kier molecular flexibility index (Phi) is 3.13. The molecule has 1 N–H and O–H groups in total. The third kappa shape index (κ3) is 3.33. The summed E-state index contributed by atoms with van der Waals surface area (Å²) >= 11 is 0. The van der Waals surface area contributed by atoms with Crippen LogP contribution in [0.5, 0.6) is 5.75 Å². The van der Waals surface area contributed by atoms with Gasteiger partial charge in [0.05, 0.1) is 13.2 Å². The zero-order valence-electron chi connectivity index (χ0n) is 9.43. The molecule has 2 unspecified atom stereocenters. The van der Waals surface area contributed by atoms with Gasteiger partial charge in [-0.15, -0.1) is 0 Å². The topological polar surface area (TPSA) is 55.5 Å². The van der Waals surface area contributed by atoms with Crippen LogP contribution in [0.15, 0.2) is 24.3 Å². The zero-order chi connectivity index (χ0) is 11.5. The van der Waals surface area contributed by atoms with Gasteiger partial charge in [-0.25, -0.2) is 0 Å². The number of nitrogens with one attached hydrogen (secondary N) is 1. The summed E-state index contributed by atoms with van der Waals surface area (Å²) in [5.41, 5.74) is 3.71. The summed E-state index contributed by atoms with van der Waals surface area (Å²) in [7, 11) is 0. The Morgan fingerprint density at radius 3 is 2.59 bits per heavy atom. The maximum absolute atomic E-state index is 5.64. The van der Waals surface area contributed by atoms with Crippen LogP contribution in [-0.2, 0) is 14.3 Å². The Labute approximate surface area is 99.6 Å². The van der Waals surface area contributed by atoms with E-state index >= 15 is 0 Å². The van der Waals surface area contributed by atoms with Crippen molar-refractivity contribution in [3.05, 3.63) is 24.3 Å². The smallest absolute Gasteiger partial charge is 0.144 e. The van der Waals surface area contributed by atoms with Crippen molar-refractivity contribution in [2.24, 2.45) is 0 Å². The van der Waals surface area contributed by atoms with Gasteiger partial charge in [0.15, 0.2) is 0 Å². The molecule has 0 amide bonds. The molecule has 0 aromatic heterocycles. The van der Waals surface area contributed by atoms with E-state index in [-0.39, 0.29) is 12.2 Å². The highest BCUT2D eigenvalue weighted by molar-refractivity contribution is 5.54. The van der Waals surface area contributed by atoms with E-state index in [1.54, 1.807) is 0 Å². The number of epoxide rings is 2. The van der Waals surface area contributed by atoms with E-state index in [0.717, 1.165) is 24.7 Å². The lowest BCUT2D eigenvalue weighted by Gasteiger charge is -2.11. The van der Waals surface area contributed by atoms with Crippen LogP contribution in [0.4, 0.5) is 5.69 Å². The number of ether oxygens (including phenoxy) is 3. The van der Waals surface area contributed by atoms with Crippen molar-refractivity contribution in [1.29, 1.82) is 0 Å². The molecule has 0 spiro atoms. The highest BCUT2D eigenvalue weighted by Crippen LogP contribution is 2.25. The minimum absolute atomic E-state index is 0.246. The second-order valence-corrected chi connectivity index (χ2v) is 4.13. The number of para-hydroxylation sites is 2. The molecule has 5 heteroatoms. The molecule has 2 atom stereocenters. The van der Waals surface area contributed by atoms with Gasteiger partial charge >= 0.3 is 0 Å². The van der Waals surface area contributed by atoms with Gasteiger partial charge < -0.3 is 14.2 Å². The molecular weight excluding hydrogens is 222 g/mol. The monoisotopic (exact) mass is 237 g/mol. The van der Waals surface area contributed by atoms with Crippen molar-refractivity contribution >= 4 is 5.69 Å². The summed E-state index contributed by atoms with van der Waals surface area (Å²) in [6, 6.07) is 7.68. The van der Waals surface area contributed by atoms with E-state index in [4.69, 9.17) is 19.0 Å². The van der Waals surface area contributed by atoms with Gasteiger partial charge in [0, 0.05) is 0 Å². The van der Waals surface area contributed by atoms with E-state index in [1.807, 2.05) is 24.3 Å². The van der Waals surface area contributed by atoms with Crippen LogP contribution in [0.2, 0.25) is 0 Å². The SMILES string of the molecule is c1ccc(OCC2CO2)c(NOCC2CO2)c1. The van der Waals surface area contributed by atoms with E-state index in [1.165, 1.54) is 0 Å². The molecule has 0 radical (unpaired) electrons. The molecule has 0 bridgehead atoms. The van der Waals surface area contributed by atoms with Crippen molar-refractivity contribution in [1.82, 2.24) is 0 Å². The molecule has 5 nitrogen and oxygen atoms in total. The first-order valence-electron chi connectivity index (χ1n) is 5.74. The van der Waals surface area contributed by atoms with E-state index in [0.29, 0.717) is 13.2 Å². The highest BCUT2D eigenvalue weighted by atomic mass is 16.7. The van der Waals surface area contributed by atoms with Crippen LogP contribution in [0, 0.1) is 0 Å². The molecule has 3 rings (SSSR count). The van der Waals surface area contributed by atoms with Crippen LogP contribution in [0.1, 0.15) is 0 Å². The van der Waals surface area contributed by atoms with Crippen molar-refractivity contribution in [2.75, 3.05) is 31.9 Å². The van der Waals surface area contributed by atoms with Gasteiger partial charge in [0.2, 0.25) is 0 Å². The number of benzene rings is 1. The lowest BCUT2D eigenvalue weighted by Crippen LogP contribution is -2.10. The minimum atomic E-state index is 0.246. The van der Waals surface area contributed by atoms with Crippen LogP contribution in [0.3, 0.4) is 0 Å². The molecule has 1 aromatic carbocycles. The van der Waals surface area contributed by atoms with E-state index in [2.05, 4.69) is 5.48 Å². The van der Waals surface area contributed by atoms with Crippen LogP contribution >= 0.6 is 0 Å². The van der Waals surface area contributed by atoms with Crippen molar-refractivity contribution < 1.29 is 19.0 Å². The zero-order valence-corrected chi connectivity index (χ0v) is 9.43. The number of rotatable bonds is 7. The fraction of sp³-hybridized carbons (Fsp3) is 0.500. The molecule has 0 aliphatic carbocycles. The van der Waals surface area contributed by atoms with Gasteiger partial charge in [0.1, 0.15) is 36.9 Å². The Balaban J connectivity index is 1.52. The molecule has 2 fully saturated rings. The van der Waals surface area contributed by atoms with Gasteiger partial charge in [-0.3, -0.25) is 10.3 Å². The van der Waals surface area contributed by atoms with E-state index < -0.39 is 0 Å². The van der Waals surface area contributed by atoms with Gasteiger partial charge in [0.25, 0.3) is 0 Å². The highest BCUT2D eigenvalue weighted by Gasteiger charge is 2.24. The van der Waals surface area contributed by atoms with Crippen LogP contribution < -0.4 is 10.2 Å². The maximum atomic E-state index is 5.64. The number of hydrogen-bond donors (Lipinski definition) is 1. The summed E-state index contributed by atoms with van der Waals surface area (Å²) in [6.07, 6.45) is 0.499. The maximum Gasteiger partial charge on any atom is 0.144 e. The lowest BCUT2D eigenvalue weighted by molar-refractivity contribution is 0.166. The molecule has 17 heavy (non-hydrogen) atoms.